The highest BCUT2D eigenvalue weighted by Gasteiger charge is 2.17. The van der Waals surface area contributed by atoms with Crippen LogP contribution < -0.4 is 4.72 Å². The second kappa shape index (κ2) is 5.33. The van der Waals surface area contributed by atoms with E-state index in [1.54, 1.807) is 7.05 Å². The molecule has 9 nitrogen and oxygen atoms in total. The number of aliphatic carboxylic acids is 1. The first-order valence-corrected chi connectivity index (χ1v) is 7.11. The third kappa shape index (κ3) is 3.35. The molecule has 108 valence electrons. The molecular formula is C10H13N5O4S. The van der Waals surface area contributed by atoms with Gasteiger partial charge in [-0.15, -0.1) is 0 Å². The average Bonchev–Trinajstić information content (AvgIpc) is 2.95. The van der Waals surface area contributed by atoms with Crippen molar-refractivity contribution in [1.82, 2.24) is 19.6 Å². The molecule has 2 aromatic rings. The average molecular weight is 299 g/mol. The summed E-state index contributed by atoms with van der Waals surface area (Å²) in [7, 11) is -2.08. The molecule has 0 amide bonds. The Labute approximate surface area is 114 Å². The van der Waals surface area contributed by atoms with Crippen molar-refractivity contribution in [1.29, 1.82) is 0 Å². The molecule has 0 bridgehead atoms. The monoisotopic (exact) mass is 299 g/mol. The molecule has 0 radical (unpaired) electrons. The number of aromatic nitrogens is 4. The van der Waals surface area contributed by atoms with Crippen LogP contribution in [0.25, 0.3) is 0 Å². The van der Waals surface area contributed by atoms with Crippen molar-refractivity contribution >= 4 is 21.7 Å². The Morgan fingerprint density at radius 2 is 2.10 bits per heavy atom. The largest absolute Gasteiger partial charge is 0.481 e. The maximum Gasteiger partial charge on any atom is 0.305 e. The van der Waals surface area contributed by atoms with Crippen LogP contribution in [0.4, 0.5) is 5.69 Å². The van der Waals surface area contributed by atoms with Gasteiger partial charge in [0.05, 0.1) is 31.0 Å². The van der Waals surface area contributed by atoms with Crippen molar-refractivity contribution < 1.29 is 18.3 Å². The summed E-state index contributed by atoms with van der Waals surface area (Å²) in [5.74, 6) is -0.974. The Bertz CT molecular complexity index is 718. The van der Waals surface area contributed by atoms with Crippen LogP contribution in [0.5, 0.6) is 0 Å². The van der Waals surface area contributed by atoms with Crippen molar-refractivity contribution in [3.05, 3.63) is 24.8 Å². The number of nitrogens with one attached hydrogen (secondary N) is 1. The van der Waals surface area contributed by atoms with Gasteiger partial charge in [-0.05, 0) is 0 Å². The van der Waals surface area contributed by atoms with Gasteiger partial charge in [0.15, 0.2) is 0 Å². The second-order valence-corrected chi connectivity index (χ2v) is 5.77. The number of carboxylic acid groups (broad SMARTS) is 1. The highest BCUT2D eigenvalue weighted by atomic mass is 32.2. The lowest BCUT2D eigenvalue weighted by atomic mass is 10.4. The molecule has 10 heteroatoms. The highest BCUT2D eigenvalue weighted by molar-refractivity contribution is 7.92. The SMILES string of the molecule is Cn1cc(NS(=O)(=O)c2cnn(CCC(=O)O)c2)cn1. The van der Waals surface area contributed by atoms with Gasteiger partial charge in [0.25, 0.3) is 10.0 Å². The molecule has 0 fully saturated rings. The quantitative estimate of drug-likeness (QED) is 0.768. The predicted molar refractivity (Wildman–Crippen MR) is 68.5 cm³/mol. The number of nitrogens with zero attached hydrogens (tertiary/aromatic N) is 4. The first-order chi connectivity index (χ1) is 9.37. The summed E-state index contributed by atoms with van der Waals surface area (Å²) in [6.45, 7) is 0.109. The molecule has 0 saturated carbocycles. The summed E-state index contributed by atoms with van der Waals surface area (Å²) in [5.41, 5.74) is 0.339. The molecule has 0 aromatic carbocycles. The van der Waals surface area contributed by atoms with Crippen LogP contribution >= 0.6 is 0 Å². The van der Waals surface area contributed by atoms with E-state index < -0.39 is 16.0 Å². The highest BCUT2D eigenvalue weighted by Crippen LogP contribution is 2.14. The number of rotatable bonds is 6. The van der Waals surface area contributed by atoms with E-state index >= 15 is 0 Å². The van der Waals surface area contributed by atoms with E-state index in [1.165, 1.54) is 34.2 Å². The zero-order valence-electron chi connectivity index (χ0n) is 10.6. The van der Waals surface area contributed by atoms with Crippen molar-refractivity contribution in [3.63, 3.8) is 0 Å². The van der Waals surface area contributed by atoms with Crippen molar-refractivity contribution in [2.75, 3.05) is 4.72 Å². The van der Waals surface area contributed by atoms with Gasteiger partial charge >= 0.3 is 5.97 Å². The maximum absolute atomic E-state index is 12.0. The second-order valence-electron chi connectivity index (χ2n) is 4.09. The fourth-order valence-electron chi connectivity index (χ4n) is 1.50. The van der Waals surface area contributed by atoms with Crippen LogP contribution in [0, 0.1) is 0 Å². The number of hydrogen-bond acceptors (Lipinski definition) is 5. The lowest BCUT2D eigenvalue weighted by Gasteiger charge is -2.02. The van der Waals surface area contributed by atoms with Crippen LogP contribution in [0.1, 0.15) is 6.42 Å². The van der Waals surface area contributed by atoms with Crippen LogP contribution in [0.15, 0.2) is 29.7 Å². The maximum atomic E-state index is 12.0. The molecule has 0 spiro atoms. The van der Waals surface area contributed by atoms with E-state index in [0.29, 0.717) is 5.69 Å². The molecule has 0 atom stereocenters. The fourth-order valence-corrected chi connectivity index (χ4v) is 2.48. The standard InChI is InChI=1S/C10H13N5O4S/c1-14-6-8(4-11-14)13-20(18,19)9-5-12-15(7-9)3-2-10(16)17/h4-7,13H,2-3H2,1H3,(H,16,17). The fraction of sp³-hybridized carbons (Fsp3) is 0.300. The van der Waals surface area contributed by atoms with Gasteiger partial charge in [0.1, 0.15) is 4.90 Å². The van der Waals surface area contributed by atoms with E-state index in [1.807, 2.05) is 0 Å². The zero-order chi connectivity index (χ0) is 14.8. The van der Waals surface area contributed by atoms with Crippen LogP contribution in [0.2, 0.25) is 0 Å². The number of anilines is 1. The van der Waals surface area contributed by atoms with Crippen LogP contribution in [-0.2, 0) is 28.4 Å². The summed E-state index contributed by atoms with van der Waals surface area (Å²) in [6.07, 6.45) is 5.22. The molecule has 0 aliphatic heterocycles. The van der Waals surface area contributed by atoms with E-state index in [0.717, 1.165) is 0 Å². The normalized spacial score (nSPS) is 11.4. The summed E-state index contributed by atoms with van der Waals surface area (Å²) in [6, 6.07) is 0. The van der Waals surface area contributed by atoms with Gasteiger partial charge in [0, 0.05) is 19.4 Å². The molecule has 2 heterocycles. The van der Waals surface area contributed by atoms with E-state index in [-0.39, 0.29) is 17.9 Å². The number of aryl methyl sites for hydroxylation is 2. The van der Waals surface area contributed by atoms with Crippen molar-refractivity contribution in [2.45, 2.75) is 17.9 Å². The van der Waals surface area contributed by atoms with E-state index in [2.05, 4.69) is 14.9 Å². The van der Waals surface area contributed by atoms with Gasteiger partial charge in [-0.3, -0.25) is 18.9 Å². The Morgan fingerprint density at radius 3 is 2.70 bits per heavy atom. The Balaban J connectivity index is 2.11. The lowest BCUT2D eigenvalue weighted by Crippen LogP contribution is -2.12. The first-order valence-electron chi connectivity index (χ1n) is 5.62. The van der Waals surface area contributed by atoms with Crippen LogP contribution in [-0.4, -0.2) is 39.1 Å². The minimum Gasteiger partial charge on any atom is -0.481 e. The molecule has 0 aliphatic carbocycles. The van der Waals surface area contributed by atoms with E-state index in [4.69, 9.17) is 5.11 Å². The number of sulfonamides is 1. The molecule has 2 N–H and O–H groups in total. The van der Waals surface area contributed by atoms with E-state index in [9.17, 15) is 13.2 Å². The number of carboxylic acids is 1. The Morgan fingerprint density at radius 1 is 1.35 bits per heavy atom. The van der Waals surface area contributed by atoms with Crippen molar-refractivity contribution in [3.8, 4) is 0 Å². The smallest absolute Gasteiger partial charge is 0.305 e. The van der Waals surface area contributed by atoms with Gasteiger partial charge in [-0.25, -0.2) is 8.42 Å². The minimum atomic E-state index is -3.75. The first kappa shape index (κ1) is 14.1. The van der Waals surface area contributed by atoms with Gasteiger partial charge in [-0.1, -0.05) is 0 Å². The third-order valence-electron chi connectivity index (χ3n) is 2.43. The molecular weight excluding hydrogens is 286 g/mol. The lowest BCUT2D eigenvalue weighted by molar-refractivity contribution is -0.137. The molecule has 0 aliphatic rings. The molecule has 2 aromatic heterocycles. The summed E-state index contributed by atoms with van der Waals surface area (Å²) in [4.78, 5) is 10.4. The third-order valence-corrected chi connectivity index (χ3v) is 3.77. The molecule has 0 unspecified atom stereocenters. The number of hydrogen-bond donors (Lipinski definition) is 2. The number of carbonyl (C=O) groups is 1. The molecule has 0 saturated heterocycles. The summed E-state index contributed by atoms with van der Waals surface area (Å²) < 4.78 is 29.2. The van der Waals surface area contributed by atoms with Gasteiger partial charge in [0.2, 0.25) is 0 Å². The Hall–Kier alpha value is -2.36. The van der Waals surface area contributed by atoms with Gasteiger partial charge < -0.3 is 5.11 Å². The summed E-state index contributed by atoms with van der Waals surface area (Å²) in [5, 5.41) is 16.2. The Kier molecular flexibility index (Phi) is 3.74. The topological polar surface area (TPSA) is 119 Å². The summed E-state index contributed by atoms with van der Waals surface area (Å²) >= 11 is 0. The zero-order valence-corrected chi connectivity index (χ0v) is 11.4. The predicted octanol–water partition coefficient (Wildman–Crippen LogP) is -0.108. The van der Waals surface area contributed by atoms with Crippen molar-refractivity contribution in [2.24, 2.45) is 7.05 Å². The molecule has 2 rings (SSSR count). The minimum absolute atomic E-state index is 0.0354. The van der Waals surface area contributed by atoms with Gasteiger partial charge in [-0.2, -0.15) is 10.2 Å². The molecule has 20 heavy (non-hydrogen) atoms. The van der Waals surface area contributed by atoms with Crippen LogP contribution in [0.3, 0.4) is 0 Å².